The lowest BCUT2D eigenvalue weighted by atomic mass is 9.88. The third kappa shape index (κ3) is 2.78. The first kappa shape index (κ1) is 12.4. The Balaban J connectivity index is 1.76. The van der Waals surface area contributed by atoms with Crippen LogP contribution in [0.2, 0.25) is 0 Å². The Morgan fingerprint density at radius 3 is 2.50 bits per heavy atom. The predicted molar refractivity (Wildman–Crippen MR) is 69.3 cm³/mol. The molecular weight excluding hydrogens is 196 g/mol. The number of hydrogen-bond donors (Lipinski definition) is 1. The molecule has 2 fully saturated rings. The van der Waals surface area contributed by atoms with Crippen molar-refractivity contribution in [2.75, 3.05) is 13.6 Å². The summed E-state index contributed by atoms with van der Waals surface area (Å²) < 4.78 is 0. The Kier molecular flexibility index (Phi) is 3.91. The van der Waals surface area contributed by atoms with E-state index in [0.29, 0.717) is 12.1 Å². The zero-order valence-electron chi connectivity index (χ0n) is 11.2. The zero-order valence-corrected chi connectivity index (χ0v) is 11.2. The van der Waals surface area contributed by atoms with Crippen molar-refractivity contribution in [1.82, 2.24) is 4.90 Å². The van der Waals surface area contributed by atoms with Gasteiger partial charge in [0.1, 0.15) is 0 Å². The maximum absolute atomic E-state index is 5.87. The van der Waals surface area contributed by atoms with Gasteiger partial charge in [0.25, 0.3) is 0 Å². The van der Waals surface area contributed by atoms with Crippen LogP contribution in [0.3, 0.4) is 0 Å². The van der Waals surface area contributed by atoms with E-state index in [0.717, 1.165) is 24.2 Å². The number of nitrogens with zero attached hydrogens (tertiary/aromatic N) is 1. The fourth-order valence-corrected chi connectivity index (χ4v) is 3.87. The topological polar surface area (TPSA) is 29.3 Å². The molecule has 0 heterocycles. The second-order valence-corrected chi connectivity index (χ2v) is 6.44. The Bertz CT molecular complexity index is 227. The van der Waals surface area contributed by atoms with E-state index in [1.54, 1.807) is 0 Å². The van der Waals surface area contributed by atoms with Gasteiger partial charge in [-0.05, 0) is 64.3 Å². The zero-order chi connectivity index (χ0) is 11.7. The van der Waals surface area contributed by atoms with Crippen molar-refractivity contribution in [3.8, 4) is 0 Å². The summed E-state index contributed by atoms with van der Waals surface area (Å²) in [6, 6.07) is 0.969. The number of fused-ring (bicyclic) bond motifs is 2. The van der Waals surface area contributed by atoms with Crippen LogP contribution >= 0.6 is 0 Å². The molecule has 2 bridgehead atoms. The third-order valence-electron chi connectivity index (χ3n) is 4.87. The van der Waals surface area contributed by atoms with Crippen LogP contribution in [0, 0.1) is 17.8 Å². The lowest BCUT2D eigenvalue weighted by Crippen LogP contribution is -2.38. The van der Waals surface area contributed by atoms with E-state index in [2.05, 4.69) is 25.8 Å². The fourth-order valence-electron chi connectivity index (χ4n) is 3.87. The number of hydrogen-bond acceptors (Lipinski definition) is 2. The van der Waals surface area contributed by atoms with Gasteiger partial charge in [-0.1, -0.05) is 6.42 Å². The standard InChI is InChI=1S/C14H28N2/c1-10(15)6-11(2)16(3)9-14-8-12-4-5-13(14)7-12/h10-14H,4-9,15H2,1-3H3. The first-order chi connectivity index (χ1) is 7.56. The van der Waals surface area contributed by atoms with Gasteiger partial charge in [-0.15, -0.1) is 0 Å². The predicted octanol–water partition coefficient (Wildman–Crippen LogP) is 2.48. The Labute approximate surface area is 101 Å². The van der Waals surface area contributed by atoms with Crippen LogP contribution in [0.5, 0.6) is 0 Å². The monoisotopic (exact) mass is 224 g/mol. The van der Waals surface area contributed by atoms with Gasteiger partial charge in [-0.25, -0.2) is 0 Å². The van der Waals surface area contributed by atoms with Crippen LogP contribution in [-0.2, 0) is 0 Å². The number of nitrogens with two attached hydrogens (primary N) is 1. The van der Waals surface area contributed by atoms with Crippen LogP contribution in [0.25, 0.3) is 0 Å². The Morgan fingerprint density at radius 1 is 1.25 bits per heavy atom. The fraction of sp³-hybridized carbons (Fsp3) is 1.00. The van der Waals surface area contributed by atoms with Crippen LogP contribution in [0.1, 0.15) is 46.0 Å². The first-order valence-electron chi connectivity index (χ1n) is 7.02. The van der Waals surface area contributed by atoms with Crippen molar-refractivity contribution >= 4 is 0 Å². The Hall–Kier alpha value is -0.0800. The second-order valence-electron chi connectivity index (χ2n) is 6.44. The molecule has 0 aromatic rings. The van der Waals surface area contributed by atoms with E-state index in [1.165, 1.54) is 32.2 Å². The normalized spacial score (nSPS) is 36.9. The quantitative estimate of drug-likeness (QED) is 0.777. The molecule has 2 aliphatic rings. The maximum Gasteiger partial charge on any atom is 0.00786 e. The molecular formula is C14H28N2. The smallest absolute Gasteiger partial charge is 0.00786 e. The van der Waals surface area contributed by atoms with E-state index in [-0.39, 0.29) is 0 Å². The molecule has 0 saturated heterocycles. The second kappa shape index (κ2) is 5.05. The highest BCUT2D eigenvalue weighted by molar-refractivity contribution is 4.91. The molecule has 0 aromatic carbocycles. The average Bonchev–Trinajstić information content (AvgIpc) is 2.77. The molecule has 2 rings (SSSR count). The van der Waals surface area contributed by atoms with Gasteiger partial charge in [0.15, 0.2) is 0 Å². The lowest BCUT2D eigenvalue weighted by molar-refractivity contribution is 0.171. The minimum absolute atomic E-state index is 0.331. The van der Waals surface area contributed by atoms with Crippen LogP contribution in [0.15, 0.2) is 0 Å². The molecule has 2 aliphatic carbocycles. The van der Waals surface area contributed by atoms with E-state index >= 15 is 0 Å². The molecule has 2 nitrogen and oxygen atoms in total. The summed E-state index contributed by atoms with van der Waals surface area (Å²) in [6.45, 7) is 5.73. The first-order valence-corrected chi connectivity index (χ1v) is 7.02. The summed E-state index contributed by atoms with van der Waals surface area (Å²) in [5, 5.41) is 0. The summed E-state index contributed by atoms with van der Waals surface area (Å²) in [4.78, 5) is 2.54. The van der Waals surface area contributed by atoms with Crippen molar-refractivity contribution in [2.45, 2.75) is 58.0 Å². The van der Waals surface area contributed by atoms with Gasteiger partial charge < -0.3 is 10.6 Å². The highest BCUT2D eigenvalue weighted by Crippen LogP contribution is 2.48. The van der Waals surface area contributed by atoms with Crippen molar-refractivity contribution in [1.29, 1.82) is 0 Å². The van der Waals surface area contributed by atoms with Crippen molar-refractivity contribution in [3.05, 3.63) is 0 Å². The molecule has 2 N–H and O–H groups in total. The molecule has 0 aromatic heterocycles. The average molecular weight is 224 g/mol. The van der Waals surface area contributed by atoms with Gasteiger partial charge in [0.2, 0.25) is 0 Å². The van der Waals surface area contributed by atoms with Gasteiger partial charge in [0, 0.05) is 18.6 Å². The van der Waals surface area contributed by atoms with E-state index in [4.69, 9.17) is 5.73 Å². The SMILES string of the molecule is CC(N)CC(C)N(C)CC1CC2CCC1C2. The van der Waals surface area contributed by atoms with Gasteiger partial charge in [0.05, 0.1) is 0 Å². The molecule has 16 heavy (non-hydrogen) atoms. The summed E-state index contributed by atoms with van der Waals surface area (Å²) >= 11 is 0. The molecule has 94 valence electrons. The maximum atomic E-state index is 5.87. The van der Waals surface area contributed by atoms with Crippen molar-refractivity contribution in [3.63, 3.8) is 0 Å². The van der Waals surface area contributed by atoms with Gasteiger partial charge in [-0.3, -0.25) is 0 Å². The molecule has 0 radical (unpaired) electrons. The van der Waals surface area contributed by atoms with E-state index in [9.17, 15) is 0 Å². The van der Waals surface area contributed by atoms with Crippen LogP contribution < -0.4 is 5.73 Å². The third-order valence-corrected chi connectivity index (χ3v) is 4.87. The van der Waals surface area contributed by atoms with Crippen LogP contribution in [-0.4, -0.2) is 30.6 Å². The molecule has 0 spiro atoms. The summed E-state index contributed by atoms with van der Waals surface area (Å²) in [7, 11) is 2.28. The molecule has 5 unspecified atom stereocenters. The molecule has 0 aliphatic heterocycles. The molecule has 2 heteroatoms. The molecule has 0 amide bonds. The van der Waals surface area contributed by atoms with Gasteiger partial charge >= 0.3 is 0 Å². The van der Waals surface area contributed by atoms with E-state index < -0.39 is 0 Å². The molecule has 2 saturated carbocycles. The largest absolute Gasteiger partial charge is 0.328 e. The van der Waals surface area contributed by atoms with Crippen molar-refractivity contribution < 1.29 is 0 Å². The molecule has 5 atom stereocenters. The van der Waals surface area contributed by atoms with Crippen LogP contribution in [0.4, 0.5) is 0 Å². The summed E-state index contributed by atoms with van der Waals surface area (Å²) in [5.41, 5.74) is 5.87. The highest BCUT2D eigenvalue weighted by atomic mass is 15.1. The lowest BCUT2D eigenvalue weighted by Gasteiger charge is -2.31. The van der Waals surface area contributed by atoms with E-state index in [1.807, 2.05) is 0 Å². The summed E-state index contributed by atoms with van der Waals surface area (Å²) in [6.07, 6.45) is 7.17. The minimum Gasteiger partial charge on any atom is -0.328 e. The van der Waals surface area contributed by atoms with Gasteiger partial charge in [-0.2, -0.15) is 0 Å². The minimum atomic E-state index is 0.331. The Morgan fingerprint density at radius 2 is 2.00 bits per heavy atom. The highest BCUT2D eigenvalue weighted by Gasteiger charge is 2.39. The summed E-state index contributed by atoms with van der Waals surface area (Å²) in [5.74, 6) is 3.11. The number of rotatable bonds is 5. The van der Waals surface area contributed by atoms with Crippen molar-refractivity contribution in [2.24, 2.45) is 23.5 Å².